The van der Waals surface area contributed by atoms with Crippen LogP contribution in [0.4, 0.5) is 35.4 Å². The van der Waals surface area contributed by atoms with Gasteiger partial charge in [0.05, 0.1) is 11.3 Å². The summed E-state index contributed by atoms with van der Waals surface area (Å²) in [5, 5.41) is 2.86. The van der Waals surface area contributed by atoms with Gasteiger partial charge in [-0.3, -0.25) is 10.2 Å². The SMILES string of the molecule is CCCC1(C)CN(c2cccc(NC(=O)N3CCc4ccc(-c5cccc(C(F)(F)F)c5)nc43)n2)C1. The molecule has 188 valence electrons. The van der Waals surface area contributed by atoms with E-state index in [1.54, 1.807) is 18.2 Å². The highest BCUT2D eigenvalue weighted by molar-refractivity contribution is 6.02. The number of rotatable bonds is 5. The molecule has 2 aromatic heterocycles. The molecule has 0 unspecified atom stereocenters. The van der Waals surface area contributed by atoms with Gasteiger partial charge in [0.25, 0.3) is 0 Å². The molecule has 0 spiro atoms. The number of urea groups is 1. The largest absolute Gasteiger partial charge is 0.416 e. The summed E-state index contributed by atoms with van der Waals surface area (Å²) in [7, 11) is 0. The van der Waals surface area contributed by atoms with Gasteiger partial charge in [-0.1, -0.05) is 44.5 Å². The van der Waals surface area contributed by atoms with E-state index in [9.17, 15) is 18.0 Å². The van der Waals surface area contributed by atoms with Crippen LogP contribution in [-0.2, 0) is 12.6 Å². The van der Waals surface area contributed by atoms with Gasteiger partial charge in [0.1, 0.15) is 17.5 Å². The lowest BCUT2D eigenvalue weighted by atomic mass is 9.78. The van der Waals surface area contributed by atoms with Crippen molar-refractivity contribution >= 4 is 23.5 Å². The Hall–Kier alpha value is -3.62. The molecule has 2 amide bonds. The van der Waals surface area contributed by atoms with E-state index >= 15 is 0 Å². The quantitative estimate of drug-likeness (QED) is 0.446. The van der Waals surface area contributed by atoms with Crippen LogP contribution in [-0.4, -0.2) is 35.6 Å². The van der Waals surface area contributed by atoms with Crippen LogP contribution in [0, 0.1) is 5.41 Å². The van der Waals surface area contributed by atoms with Crippen LogP contribution in [0.5, 0.6) is 0 Å². The molecule has 36 heavy (non-hydrogen) atoms. The van der Waals surface area contributed by atoms with Crippen molar-refractivity contribution in [3.8, 4) is 11.3 Å². The zero-order valence-corrected chi connectivity index (χ0v) is 20.3. The third kappa shape index (κ3) is 4.74. The van der Waals surface area contributed by atoms with E-state index in [4.69, 9.17) is 0 Å². The van der Waals surface area contributed by atoms with Gasteiger partial charge in [-0.15, -0.1) is 0 Å². The Morgan fingerprint density at radius 1 is 1.08 bits per heavy atom. The van der Waals surface area contributed by atoms with E-state index in [0.29, 0.717) is 41.3 Å². The Kier molecular flexibility index (Phi) is 6.10. The number of benzene rings is 1. The minimum Gasteiger partial charge on any atom is -0.355 e. The summed E-state index contributed by atoms with van der Waals surface area (Å²) in [4.78, 5) is 26.0. The lowest BCUT2D eigenvalue weighted by Crippen LogP contribution is -2.55. The minimum atomic E-state index is -4.44. The molecule has 2 aliphatic heterocycles. The first-order valence-electron chi connectivity index (χ1n) is 12.1. The van der Waals surface area contributed by atoms with E-state index < -0.39 is 11.7 Å². The van der Waals surface area contributed by atoms with Crippen molar-refractivity contribution in [1.29, 1.82) is 0 Å². The fraction of sp³-hybridized carbons (Fsp3) is 0.370. The lowest BCUT2D eigenvalue weighted by molar-refractivity contribution is -0.137. The molecule has 0 aliphatic carbocycles. The highest BCUT2D eigenvalue weighted by Gasteiger charge is 2.38. The Morgan fingerprint density at radius 3 is 2.61 bits per heavy atom. The average molecular weight is 496 g/mol. The number of hydrogen-bond acceptors (Lipinski definition) is 4. The maximum absolute atomic E-state index is 13.2. The lowest BCUT2D eigenvalue weighted by Gasteiger charge is -2.49. The maximum Gasteiger partial charge on any atom is 0.416 e. The van der Waals surface area contributed by atoms with E-state index in [1.165, 1.54) is 17.4 Å². The zero-order valence-electron chi connectivity index (χ0n) is 20.3. The molecule has 0 radical (unpaired) electrons. The summed E-state index contributed by atoms with van der Waals surface area (Å²) in [6.07, 6.45) is -1.50. The van der Waals surface area contributed by atoms with Crippen LogP contribution in [0.1, 0.15) is 37.8 Å². The molecular formula is C27H28F3N5O. The molecule has 1 saturated heterocycles. The third-order valence-corrected chi connectivity index (χ3v) is 6.84. The summed E-state index contributed by atoms with van der Waals surface area (Å²) >= 11 is 0. The highest BCUT2D eigenvalue weighted by atomic mass is 19.4. The topological polar surface area (TPSA) is 61.4 Å². The van der Waals surface area contributed by atoms with E-state index in [2.05, 4.69) is 34.0 Å². The molecule has 3 aromatic rings. The molecule has 5 rings (SSSR count). The van der Waals surface area contributed by atoms with Crippen molar-refractivity contribution in [2.24, 2.45) is 5.41 Å². The minimum absolute atomic E-state index is 0.304. The number of hydrogen-bond donors (Lipinski definition) is 1. The van der Waals surface area contributed by atoms with Crippen molar-refractivity contribution in [3.05, 3.63) is 65.7 Å². The van der Waals surface area contributed by atoms with Crippen molar-refractivity contribution in [1.82, 2.24) is 9.97 Å². The van der Waals surface area contributed by atoms with E-state index in [1.807, 2.05) is 18.2 Å². The molecule has 1 fully saturated rings. The number of carbonyl (C=O) groups excluding carboxylic acids is 1. The monoisotopic (exact) mass is 495 g/mol. The Morgan fingerprint density at radius 2 is 1.86 bits per heavy atom. The molecular weight excluding hydrogens is 467 g/mol. The van der Waals surface area contributed by atoms with Gasteiger partial charge in [0.15, 0.2) is 0 Å². The number of halogens is 3. The van der Waals surface area contributed by atoms with Crippen LogP contribution < -0.4 is 15.1 Å². The highest BCUT2D eigenvalue weighted by Crippen LogP contribution is 2.37. The van der Waals surface area contributed by atoms with Crippen molar-refractivity contribution in [2.45, 2.75) is 39.3 Å². The summed E-state index contributed by atoms with van der Waals surface area (Å²) < 4.78 is 39.5. The maximum atomic E-state index is 13.2. The van der Waals surface area contributed by atoms with Gasteiger partial charge in [0, 0.05) is 30.6 Å². The number of carbonyl (C=O) groups is 1. The predicted octanol–water partition coefficient (Wildman–Crippen LogP) is 6.38. The summed E-state index contributed by atoms with van der Waals surface area (Å²) in [6.45, 7) is 6.78. The van der Waals surface area contributed by atoms with Crippen molar-refractivity contribution in [2.75, 3.05) is 34.8 Å². The number of pyridine rings is 2. The fourth-order valence-corrected chi connectivity index (χ4v) is 5.10. The summed E-state index contributed by atoms with van der Waals surface area (Å²) in [5.74, 6) is 1.73. The first kappa shape index (κ1) is 24.1. The second-order valence-corrected chi connectivity index (χ2v) is 9.89. The number of fused-ring (bicyclic) bond motifs is 1. The van der Waals surface area contributed by atoms with Crippen LogP contribution in [0.3, 0.4) is 0 Å². The standard InChI is InChI=1S/C27H28F3N5O/c1-3-13-26(2)16-34(17-26)23-9-5-8-22(32-23)33-25(36)35-14-12-18-10-11-21(31-24(18)35)19-6-4-7-20(15-19)27(28,29)30/h4-11,15H,3,12-14,16-17H2,1-2H3,(H,32,33,36). The second-order valence-electron chi connectivity index (χ2n) is 9.89. The predicted molar refractivity (Wildman–Crippen MR) is 134 cm³/mol. The number of nitrogens with one attached hydrogen (secondary N) is 1. The first-order valence-corrected chi connectivity index (χ1v) is 12.1. The Bertz CT molecular complexity index is 1290. The molecule has 0 atom stereocenters. The normalized spacial score (nSPS) is 16.5. The van der Waals surface area contributed by atoms with Crippen LogP contribution >= 0.6 is 0 Å². The second kappa shape index (κ2) is 9.11. The molecule has 6 nitrogen and oxygen atoms in total. The van der Waals surface area contributed by atoms with Crippen LogP contribution in [0.2, 0.25) is 0 Å². The number of amides is 2. The van der Waals surface area contributed by atoms with Gasteiger partial charge in [-0.05, 0) is 48.7 Å². The van der Waals surface area contributed by atoms with Crippen LogP contribution in [0.15, 0.2) is 54.6 Å². The average Bonchev–Trinajstić information content (AvgIpc) is 3.26. The van der Waals surface area contributed by atoms with Gasteiger partial charge in [-0.25, -0.2) is 14.8 Å². The summed E-state index contributed by atoms with van der Waals surface area (Å²) in [5.41, 5.74) is 1.17. The Balaban J connectivity index is 1.32. The van der Waals surface area contributed by atoms with Gasteiger partial charge >= 0.3 is 12.2 Å². The molecule has 0 bridgehead atoms. The molecule has 0 saturated carbocycles. The molecule has 2 aliphatic rings. The van der Waals surface area contributed by atoms with Crippen molar-refractivity contribution in [3.63, 3.8) is 0 Å². The number of aromatic nitrogens is 2. The number of alkyl halides is 3. The van der Waals surface area contributed by atoms with E-state index in [-0.39, 0.29) is 6.03 Å². The van der Waals surface area contributed by atoms with Crippen molar-refractivity contribution < 1.29 is 18.0 Å². The van der Waals surface area contributed by atoms with Gasteiger partial charge in [-0.2, -0.15) is 13.2 Å². The van der Waals surface area contributed by atoms with Gasteiger partial charge < -0.3 is 4.90 Å². The zero-order chi connectivity index (χ0) is 25.5. The molecule has 1 aromatic carbocycles. The molecule has 1 N–H and O–H groups in total. The first-order chi connectivity index (χ1) is 17.1. The summed E-state index contributed by atoms with van der Waals surface area (Å²) in [6, 6.07) is 13.8. The number of nitrogens with zero attached hydrogens (tertiary/aromatic N) is 4. The smallest absolute Gasteiger partial charge is 0.355 e. The van der Waals surface area contributed by atoms with Gasteiger partial charge in [0.2, 0.25) is 0 Å². The fourth-order valence-electron chi connectivity index (χ4n) is 5.10. The Labute approximate surface area is 208 Å². The molecule has 9 heteroatoms. The third-order valence-electron chi connectivity index (χ3n) is 6.84. The van der Waals surface area contributed by atoms with Crippen LogP contribution in [0.25, 0.3) is 11.3 Å². The van der Waals surface area contributed by atoms with E-state index in [0.717, 1.165) is 43.0 Å². The number of anilines is 3. The molecule has 4 heterocycles.